The quantitative estimate of drug-likeness (QED) is 0.589. The van der Waals surface area contributed by atoms with Gasteiger partial charge in [0.15, 0.2) is 0 Å². The second-order valence-corrected chi connectivity index (χ2v) is 5.88. The molecule has 3 atom stereocenters. The largest absolute Gasteiger partial charge is 0.392 e. The number of fused-ring (bicyclic) bond motifs is 1. The number of carbonyl (C=O) groups excluding carboxylic acids is 1. The Kier molecular flexibility index (Phi) is 3.26. The van der Waals surface area contributed by atoms with Crippen molar-refractivity contribution in [3.63, 3.8) is 0 Å². The predicted molar refractivity (Wildman–Crippen MR) is 68.6 cm³/mol. The van der Waals surface area contributed by atoms with Crippen molar-refractivity contribution < 1.29 is 9.90 Å². The second kappa shape index (κ2) is 4.41. The van der Waals surface area contributed by atoms with E-state index in [1.54, 1.807) is 0 Å². The van der Waals surface area contributed by atoms with Gasteiger partial charge in [-0.2, -0.15) is 0 Å². The summed E-state index contributed by atoms with van der Waals surface area (Å²) in [6.45, 7) is 8.21. The number of hydrogen-bond acceptors (Lipinski definition) is 2. The molecule has 0 saturated heterocycles. The van der Waals surface area contributed by atoms with Crippen LogP contribution < -0.4 is 0 Å². The lowest BCUT2D eigenvalue weighted by atomic mass is 9.59. The second-order valence-electron chi connectivity index (χ2n) is 5.88. The molecule has 1 N–H and O–H groups in total. The highest BCUT2D eigenvalue weighted by molar-refractivity contribution is 5.75. The summed E-state index contributed by atoms with van der Waals surface area (Å²) in [6, 6.07) is 0. The van der Waals surface area contributed by atoms with Crippen molar-refractivity contribution in [1.82, 2.24) is 0 Å². The van der Waals surface area contributed by atoms with Gasteiger partial charge in [0.25, 0.3) is 0 Å². The predicted octanol–water partition coefficient (Wildman–Crippen LogP) is 3.02. The zero-order valence-corrected chi connectivity index (χ0v) is 10.8. The van der Waals surface area contributed by atoms with Crippen LogP contribution in [0.4, 0.5) is 0 Å². The molecule has 0 aliphatic heterocycles. The minimum Gasteiger partial charge on any atom is -0.392 e. The van der Waals surface area contributed by atoms with Crippen molar-refractivity contribution >= 4 is 6.29 Å². The highest BCUT2D eigenvalue weighted by Gasteiger charge is 2.44. The van der Waals surface area contributed by atoms with Crippen molar-refractivity contribution in [3.8, 4) is 0 Å². The first-order valence-electron chi connectivity index (χ1n) is 6.50. The van der Waals surface area contributed by atoms with Crippen LogP contribution in [0.3, 0.4) is 0 Å². The van der Waals surface area contributed by atoms with Crippen molar-refractivity contribution in [2.75, 3.05) is 0 Å². The summed E-state index contributed by atoms with van der Waals surface area (Å²) in [7, 11) is 0. The summed E-state index contributed by atoms with van der Waals surface area (Å²) in [6.07, 6.45) is 5.14. The molecule has 2 aliphatic rings. The fourth-order valence-electron chi connectivity index (χ4n) is 3.38. The Hall–Kier alpha value is -0.890. The molecule has 2 heteroatoms. The zero-order valence-electron chi connectivity index (χ0n) is 10.8. The zero-order chi connectivity index (χ0) is 12.6. The van der Waals surface area contributed by atoms with E-state index in [0.29, 0.717) is 5.92 Å². The van der Waals surface area contributed by atoms with E-state index in [0.717, 1.165) is 44.0 Å². The molecule has 0 aromatic rings. The summed E-state index contributed by atoms with van der Waals surface area (Å²) in [5.41, 5.74) is 3.17. The molecule has 0 aromatic carbocycles. The van der Waals surface area contributed by atoms with Crippen LogP contribution >= 0.6 is 0 Å². The van der Waals surface area contributed by atoms with Gasteiger partial charge >= 0.3 is 0 Å². The first-order valence-corrected chi connectivity index (χ1v) is 6.50. The minimum atomic E-state index is -0.285. The maximum Gasteiger partial charge on any atom is 0.146 e. The normalized spacial score (nSPS) is 37.6. The Morgan fingerprint density at radius 3 is 2.82 bits per heavy atom. The number of rotatable bonds is 2. The number of aliphatic hydroxyl groups excluding tert-OH is 1. The fourth-order valence-corrected chi connectivity index (χ4v) is 3.38. The van der Waals surface area contributed by atoms with Crippen molar-refractivity contribution in [2.45, 2.75) is 52.1 Å². The monoisotopic (exact) mass is 234 g/mol. The first-order chi connectivity index (χ1) is 7.99. The van der Waals surface area contributed by atoms with Crippen LogP contribution in [0.5, 0.6) is 0 Å². The van der Waals surface area contributed by atoms with Crippen LogP contribution in [0.2, 0.25) is 0 Å². The van der Waals surface area contributed by atoms with Gasteiger partial charge in [-0.1, -0.05) is 24.6 Å². The SMILES string of the molecule is C=C(C)C1CCC2(C)C(=C(C=O)CCC2O)C1. The smallest absolute Gasteiger partial charge is 0.146 e. The maximum atomic E-state index is 11.2. The number of hydrogen-bond donors (Lipinski definition) is 1. The fraction of sp³-hybridized carbons (Fsp3) is 0.667. The highest BCUT2D eigenvalue weighted by atomic mass is 16.3. The maximum absolute atomic E-state index is 11.2. The van der Waals surface area contributed by atoms with Gasteiger partial charge in [-0.25, -0.2) is 0 Å². The molecule has 1 saturated carbocycles. The van der Waals surface area contributed by atoms with Gasteiger partial charge in [0.2, 0.25) is 0 Å². The highest BCUT2D eigenvalue weighted by Crippen LogP contribution is 2.51. The molecule has 17 heavy (non-hydrogen) atoms. The van der Waals surface area contributed by atoms with Gasteiger partial charge in [-0.15, -0.1) is 0 Å². The van der Waals surface area contributed by atoms with Crippen LogP contribution in [0, 0.1) is 11.3 Å². The van der Waals surface area contributed by atoms with E-state index in [-0.39, 0.29) is 11.5 Å². The van der Waals surface area contributed by atoms with Crippen molar-refractivity contribution in [2.24, 2.45) is 11.3 Å². The molecule has 0 heterocycles. The van der Waals surface area contributed by atoms with Gasteiger partial charge in [0.05, 0.1) is 6.10 Å². The van der Waals surface area contributed by atoms with Gasteiger partial charge in [-0.3, -0.25) is 4.79 Å². The van der Waals surface area contributed by atoms with Crippen LogP contribution in [0.1, 0.15) is 46.0 Å². The third kappa shape index (κ3) is 1.99. The number of carbonyl (C=O) groups is 1. The Bertz CT molecular complexity index is 380. The molecule has 2 rings (SSSR count). The van der Waals surface area contributed by atoms with E-state index >= 15 is 0 Å². The summed E-state index contributed by atoms with van der Waals surface area (Å²) in [5.74, 6) is 0.485. The van der Waals surface area contributed by atoms with Crippen LogP contribution in [-0.4, -0.2) is 17.5 Å². The van der Waals surface area contributed by atoms with Gasteiger partial charge in [0, 0.05) is 5.41 Å². The lowest BCUT2D eigenvalue weighted by Gasteiger charge is -2.47. The number of aliphatic hydroxyl groups is 1. The van der Waals surface area contributed by atoms with Crippen LogP contribution in [-0.2, 0) is 4.79 Å². The molecule has 2 nitrogen and oxygen atoms in total. The molecule has 3 unspecified atom stereocenters. The standard InChI is InChI=1S/C15H22O2/c1-10(2)11-6-7-15(3)13(8-11)12(9-16)4-5-14(15)17/h9,11,14,17H,1,4-8H2,2-3H3. The summed E-state index contributed by atoms with van der Waals surface area (Å²) in [4.78, 5) is 11.2. The molecule has 1 fully saturated rings. The topological polar surface area (TPSA) is 37.3 Å². The third-order valence-corrected chi connectivity index (χ3v) is 4.80. The summed E-state index contributed by atoms with van der Waals surface area (Å²) < 4.78 is 0. The molecule has 2 aliphatic carbocycles. The molecule has 0 aromatic heterocycles. The van der Waals surface area contributed by atoms with Gasteiger partial charge < -0.3 is 5.11 Å². The molecular weight excluding hydrogens is 212 g/mol. The average molecular weight is 234 g/mol. The van der Waals surface area contributed by atoms with E-state index in [9.17, 15) is 9.90 Å². The molecule has 0 radical (unpaired) electrons. The van der Waals surface area contributed by atoms with Crippen LogP contribution in [0.15, 0.2) is 23.3 Å². The van der Waals surface area contributed by atoms with Gasteiger partial charge in [-0.05, 0) is 50.5 Å². The average Bonchev–Trinajstić information content (AvgIpc) is 2.30. The van der Waals surface area contributed by atoms with E-state index < -0.39 is 0 Å². The van der Waals surface area contributed by atoms with E-state index in [1.165, 1.54) is 11.1 Å². The summed E-state index contributed by atoms with van der Waals surface area (Å²) >= 11 is 0. The Balaban J connectivity index is 2.38. The van der Waals surface area contributed by atoms with Crippen molar-refractivity contribution in [1.29, 1.82) is 0 Å². The van der Waals surface area contributed by atoms with E-state index in [1.807, 2.05) is 0 Å². The first kappa shape index (κ1) is 12.6. The Labute approximate surface area is 103 Å². The molecule has 0 bridgehead atoms. The Morgan fingerprint density at radius 1 is 1.53 bits per heavy atom. The number of allylic oxidation sites excluding steroid dienone is 2. The lowest BCUT2D eigenvalue weighted by molar-refractivity contribution is -0.105. The third-order valence-electron chi connectivity index (χ3n) is 4.80. The molecule has 0 spiro atoms. The molecular formula is C15H22O2. The Morgan fingerprint density at radius 2 is 2.24 bits per heavy atom. The lowest BCUT2D eigenvalue weighted by Crippen LogP contribution is -2.42. The van der Waals surface area contributed by atoms with E-state index in [2.05, 4.69) is 20.4 Å². The molecule has 0 amide bonds. The summed E-state index contributed by atoms with van der Waals surface area (Å²) in [5, 5.41) is 10.2. The van der Waals surface area contributed by atoms with Gasteiger partial charge in [0.1, 0.15) is 6.29 Å². The van der Waals surface area contributed by atoms with Crippen LogP contribution in [0.25, 0.3) is 0 Å². The minimum absolute atomic E-state index is 0.166. The van der Waals surface area contributed by atoms with E-state index in [4.69, 9.17) is 0 Å². The van der Waals surface area contributed by atoms with Crippen molar-refractivity contribution in [3.05, 3.63) is 23.3 Å². The molecule has 94 valence electrons. The number of aldehydes is 1.